The number of hydrogen-bond acceptors (Lipinski definition) is 5. The maximum absolute atomic E-state index is 12.2. The van der Waals surface area contributed by atoms with Gasteiger partial charge in [0, 0.05) is 10.5 Å². The van der Waals surface area contributed by atoms with E-state index in [1.807, 2.05) is 0 Å². The van der Waals surface area contributed by atoms with Crippen molar-refractivity contribution >= 4 is 43.5 Å². The number of nitrogens with one attached hydrogen (secondary N) is 1. The van der Waals surface area contributed by atoms with Gasteiger partial charge >= 0.3 is 0 Å². The van der Waals surface area contributed by atoms with Crippen LogP contribution in [0, 0.1) is 0 Å². The van der Waals surface area contributed by atoms with Gasteiger partial charge in [-0.25, -0.2) is 18.1 Å². The first kappa shape index (κ1) is 15.0. The number of benzene rings is 1. The number of hydrogen-bond donors (Lipinski definition) is 1. The Balaban J connectivity index is 2.35. The second kappa shape index (κ2) is 5.94. The topological polar surface area (TPSA) is 81.2 Å². The third-order valence-electron chi connectivity index (χ3n) is 2.21. The fourth-order valence-electron chi connectivity index (χ4n) is 1.36. The van der Waals surface area contributed by atoms with Crippen molar-refractivity contribution in [2.45, 2.75) is 4.90 Å². The lowest BCUT2D eigenvalue weighted by Gasteiger charge is -2.08. The van der Waals surface area contributed by atoms with E-state index in [2.05, 4.69) is 30.6 Å². The molecule has 0 spiro atoms. The van der Waals surface area contributed by atoms with Crippen LogP contribution in [0.15, 0.2) is 39.7 Å². The maximum Gasteiger partial charge on any atom is 0.264 e. The Morgan fingerprint density at radius 2 is 2.05 bits per heavy atom. The van der Waals surface area contributed by atoms with Crippen LogP contribution in [0.1, 0.15) is 0 Å². The Bertz CT molecular complexity index is 739. The van der Waals surface area contributed by atoms with Gasteiger partial charge in [-0.05, 0) is 18.2 Å². The number of methoxy groups -OCH3 is 1. The number of sulfonamides is 1. The molecule has 9 heteroatoms. The zero-order valence-corrected chi connectivity index (χ0v) is 13.3. The van der Waals surface area contributed by atoms with Crippen LogP contribution in [-0.4, -0.2) is 25.5 Å². The van der Waals surface area contributed by atoms with Gasteiger partial charge in [-0.2, -0.15) is 4.98 Å². The lowest BCUT2D eigenvalue weighted by Crippen LogP contribution is -2.15. The van der Waals surface area contributed by atoms with Gasteiger partial charge in [-0.1, -0.05) is 33.6 Å². The number of rotatable bonds is 4. The van der Waals surface area contributed by atoms with E-state index >= 15 is 0 Å². The maximum atomic E-state index is 12.2. The summed E-state index contributed by atoms with van der Waals surface area (Å²) in [5, 5.41) is 0.0730. The third-order valence-corrected chi connectivity index (χ3v) is 4.23. The summed E-state index contributed by atoms with van der Waals surface area (Å²) in [6.45, 7) is 0. The summed E-state index contributed by atoms with van der Waals surface area (Å²) in [7, 11) is -2.40. The molecule has 0 bridgehead atoms. The highest BCUT2D eigenvalue weighted by molar-refractivity contribution is 9.10. The summed E-state index contributed by atoms with van der Waals surface area (Å²) < 4.78 is 32.1. The van der Waals surface area contributed by atoms with Crippen LogP contribution in [-0.2, 0) is 10.0 Å². The zero-order valence-electron chi connectivity index (χ0n) is 10.2. The Hall–Kier alpha value is -1.38. The van der Waals surface area contributed by atoms with E-state index in [0.717, 1.165) is 0 Å². The molecule has 0 amide bonds. The average Bonchev–Trinajstić information content (AvgIpc) is 2.37. The quantitative estimate of drug-likeness (QED) is 0.827. The van der Waals surface area contributed by atoms with Crippen molar-refractivity contribution in [1.29, 1.82) is 0 Å². The first-order valence-electron chi connectivity index (χ1n) is 5.28. The monoisotopic (exact) mass is 377 g/mol. The molecule has 20 heavy (non-hydrogen) atoms. The second-order valence-electron chi connectivity index (χ2n) is 3.62. The molecule has 0 saturated carbocycles. The third kappa shape index (κ3) is 3.59. The summed E-state index contributed by atoms with van der Waals surface area (Å²) in [6.07, 6.45) is 0. The molecule has 0 radical (unpaired) electrons. The van der Waals surface area contributed by atoms with Crippen molar-refractivity contribution in [2.24, 2.45) is 0 Å². The number of halogens is 2. The summed E-state index contributed by atoms with van der Waals surface area (Å²) in [4.78, 5) is 7.73. The molecule has 0 aliphatic heterocycles. The minimum absolute atomic E-state index is 0.0730. The van der Waals surface area contributed by atoms with Crippen LogP contribution < -0.4 is 9.46 Å². The molecule has 0 atom stereocenters. The van der Waals surface area contributed by atoms with E-state index in [0.29, 0.717) is 4.47 Å². The smallest absolute Gasteiger partial charge is 0.264 e. The fourth-order valence-corrected chi connectivity index (χ4v) is 3.07. The Labute approximate surface area is 129 Å². The van der Waals surface area contributed by atoms with Gasteiger partial charge in [0.2, 0.25) is 11.8 Å². The molecule has 1 aromatic carbocycles. The molecule has 0 saturated heterocycles. The minimum atomic E-state index is -3.80. The van der Waals surface area contributed by atoms with E-state index in [1.165, 1.54) is 25.3 Å². The van der Waals surface area contributed by atoms with Crippen LogP contribution in [0.5, 0.6) is 5.88 Å². The predicted molar refractivity (Wildman–Crippen MR) is 78.5 cm³/mol. The number of ether oxygens (including phenoxy) is 1. The Morgan fingerprint density at radius 3 is 2.70 bits per heavy atom. The molecular formula is C11H9BrClN3O3S. The molecule has 0 unspecified atom stereocenters. The first-order chi connectivity index (χ1) is 9.40. The average molecular weight is 379 g/mol. The highest BCUT2D eigenvalue weighted by Crippen LogP contribution is 2.20. The van der Waals surface area contributed by atoms with E-state index < -0.39 is 10.0 Å². The van der Waals surface area contributed by atoms with Crippen molar-refractivity contribution in [3.05, 3.63) is 40.0 Å². The normalized spacial score (nSPS) is 11.2. The van der Waals surface area contributed by atoms with E-state index in [9.17, 15) is 8.42 Å². The molecule has 2 aromatic rings. The summed E-state index contributed by atoms with van der Waals surface area (Å²) >= 11 is 8.97. The number of nitrogens with zero attached hydrogens (tertiary/aromatic N) is 2. The van der Waals surface area contributed by atoms with E-state index in [1.54, 1.807) is 12.1 Å². The molecule has 2 rings (SSSR count). The van der Waals surface area contributed by atoms with Crippen LogP contribution >= 0.6 is 27.5 Å². The molecule has 1 heterocycles. The molecule has 1 N–H and O–H groups in total. The van der Waals surface area contributed by atoms with Crippen molar-refractivity contribution in [1.82, 2.24) is 9.97 Å². The van der Waals surface area contributed by atoms with Crippen LogP contribution in [0.4, 0.5) is 5.95 Å². The number of aromatic nitrogens is 2. The zero-order chi connectivity index (χ0) is 14.8. The molecule has 0 fully saturated rings. The lowest BCUT2D eigenvalue weighted by atomic mass is 10.4. The van der Waals surface area contributed by atoms with E-state index in [-0.39, 0.29) is 21.9 Å². The van der Waals surface area contributed by atoms with Gasteiger partial charge < -0.3 is 4.74 Å². The second-order valence-corrected chi connectivity index (χ2v) is 6.60. The molecule has 0 aliphatic rings. The van der Waals surface area contributed by atoms with Crippen LogP contribution in [0.2, 0.25) is 5.15 Å². The summed E-state index contributed by atoms with van der Waals surface area (Å²) in [5.41, 5.74) is 0. The van der Waals surface area contributed by atoms with Gasteiger partial charge in [-0.3, -0.25) is 0 Å². The highest BCUT2D eigenvalue weighted by atomic mass is 79.9. The van der Waals surface area contributed by atoms with Gasteiger partial charge in [0.1, 0.15) is 5.15 Å². The summed E-state index contributed by atoms with van der Waals surface area (Å²) in [5.74, 6) is 0.00580. The van der Waals surface area contributed by atoms with Crippen LogP contribution in [0.3, 0.4) is 0 Å². The molecule has 1 aromatic heterocycles. The van der Waals surface area contributed by atoms with Gasteiger partial charge in [0.25, 0.3) is 10.0 Å². The molecule has 0 aliphatic carbocycles. The lowest BCUT2D eigenvalue weighted by molar-refractivity contribution is 0.397. The predicted octanol–water partition coefficient (Wildman–Crippen LogP) is 2.70. The van der Waals surface area contributed by atoms with E-state index in [4.69, 9.17) is 16.3 Å². The largest absolute Gasteiger partial charge is 0.481 e. The van der Waals surface area contributed by atoms with Crippen molar-refractivity contribution in [2.75, 3.05) is 11.8 Å². The Kier molecular flexibility index (Phi) is 4.46. The van der Waals surface area contributed by atoms with Gasteiger partial charge in [0.15, 0.2) is 0 Å². The standard InChI is InChI=1S/C11H9BrClN3O3S/c1-19-10-6-9(13)14-11(15-10)16-20(17,18)8-4-2-3-7(12)5-8/h2-6H,1H3,(H,14,15,16). The summed E-state index contributed by atoms with van der Waals surface area (Å²) in [6, 6.07) is 7.62. The Morgan fingerprint density at radius 1 is 1.30 bits per heavy atom. The number of anilines is 1. The molecular weight excluding hydrogens is 370 g/mol. The van der Waals surface area contributed by atoms with Crippen LogP contribution in [0.25, 0.3) is 0 Å². The van der Waals surface area contributed by atoms with Crippen molar-refractivity contribution in [3.63, 3.8) is 0 Å². The minimum Gasteiger partial charge on any atom is -0.481 e. The van der Waals surface area contributed by atoms with Crippen molar-refractivity contribution < 1.29 is 13.2 Å². The fraction of sp³-hybridized carbons (Fsp3) is 0.0909. The SMILES string of the molecule is COc1cc(Cl)nc(NS(=O)(=O)c2cccc(Br)c2)n1. The highest BCUT2D eigenvalue weighted by Gasteiger charge is 2.17. The molecule has 6 nitrogen and oxygen atoms in total. The molecule has 106 valence electrons. The van der Waals surface area contributed by atoms with Gasteiger partial charge in [-0.15, -0.1) is 0 Å². The first-order valence-corrected chi connectivity index (χ1v) is 7.93. The van der Waals surface area contributed by atoms with Gasteiger partial charge in [0.05, 0.1) is 12.0 Å². The van der Waals surface area contributed by atoms with Crippen molar-refractivity contribution in [3.8, 4) is 5.88 Å².